The number of anilines is 1. The van der Waals surface area contributed by atoms with E-state index in [0.717, 1.165) is 12.1 Å². The summed E-state index contributed by atoms with van der Waals surface area (Å²) in [5.74, 6) is -0.208. The molecule has 2 amide bonds. The first kappa shape index (κ1) is 16.2. The molecule has 2 rings (SSSR count). The number of hydrogen-bond acceptors (Lipinski definition) is 8. The fourth-order valence-corrected chi connectivity index (χ4v) is 2.66. The lowest BCUT2D eigenvalue weighted by molar-refractivity contribution is -0.387. The number of aryl methyl sites for hydroxylation is 1. The summed E-state index contributed by atoms with van der Waals surface area (Å²) in [6, 6.07) is 3.46. The van der Waals surface area contributed by atoms with E-state index in [1.54, 1.807) is 11.6 Å². The van der Waals surface area contributed by atoms with E-state index in [9.17, 15) is 23.3 Å². The first-order chi connectivity index (χ1) is 10.8. The van der Waals surface area contributed by atoms with Gasteiger partial charge in [-0.1, -0.05) is 12.1 Å². The molecule has 1 aromatic carbocycles. The molecule has 0 saturated heterocycles. The average Bonchev–Trinajstić information content (AvgIpc) is 2.46. The molecule has 0 radical (unpaired) electrons. The van der Waals surface area contributed by atoms with E-state index in [4.69, 9.17) is 0 Å². The van der Waals surface area contributed by atoms with Gasteiger partial charge in [-0.25, -0.2) is 22.9 Å². The third-order valence-electron chi connectivity index (χ3n) is 2.48. The van der Waals surface area contributed by atoms with Gasteiger partial charge in [-0.3, -0.25) is 15.4 Å². The van der Waals surface area contributed by atoms with Crippen molar-refractivity contribution in [1.82, 2.24) is 19.9 Å². The fourth-order valence-electron chi connectivity index (χ4n) is 1.58. The molecule has 0 fully saturated rings. The minimum absolute atomic E-state index is 0.208. The van der Waals surface area contributed by atoms with Crippen LogP contribution >= 0.6 is 0 Å². The summed E-state index contributed by atoms with van der Waals surface area (Å²) in [6.45, 7) is 1.60. The van der Waals surface area contributed by atoms with Gasteiger partial charge in [-0.2, -0.15) is 5.10 Å². The predicted octanol–water partition coefficient (Wildman–Crippen LogP) is 0.599. The number of nitro benzene ring substituents is 1. The smallest absolute Gasteiger partial charge is 0.274 e. The van der Waals surface area contributed by atoms with Crippen molar-refractivity contribution in [2.45, 2.75) is 11.8 Å². The molecule has 2 aromatic rings. The van der Waals surface area contributed by atoms with Gasteiger partial charge in [0.2, 0.25) is 0 Å². The van der Waals surface area contributed by atoms with Gasteiger partial charge >= 0.3 is 6.03 Å². The van der Waals surface area contributed by atoms with Gasteiger partial charge in [0.05, 0.1) is 16.8 Å². The van der Waals surface area contributed by atoms with Crippen LogP contribution in [0, 0.1) is 17.0 Å². The number of hydrogen-bond donors (Lipinski definition) is 2. The number of nitro groups is 1. The zero-order valence-electron chi connectivity index (χ0n) is 11.6. The van der Waals surface area contributed by atoms with E-state index >= 15 is 0 Å². The second kappa shape index (κ2) is 6.31. The molecule has 11 nitrogen and oxygen atoms in total. The number of carbonyl (C=O) groups is 1. The first-order valence-electron chi connectivity index (χ1n) is 6.03. The molecule has 0 saturated carbocycles. The number of para-hydroxylation sites is 1. The first-order valence-corrected chi connectivity index (χ1v) is 7.51. The second-order valence-corrected chi connectivity index (χ2v) is 5.86. The number of carbonyl (C=O) groups excluding carboxylic acids is 1. The highest BCUT2D eigenvalue weighted by molar-refractivity contribution is 7.90. The van der Waals surface area contributed by atoms with Crippen molar-refractivity contribution in [1.29, 1.82) is 0 Å². The standard InChI is InChI=1S/C11H10N6O5S/c1-7-6-12-15-10(13-7)14-11(18)16-23(21,22)9-5-3-2-4-8(9)17(19)20/h2-6H,1H3,(H2,13,14,15,16,18). The van der Waals surface area contributed by atoms with Crippen molar-refractivity contribution in [3.8, 4) is 0 Å². The van der Waals surface area contributed by atoms with Gasteiger partial charge in [0.25, 0.3) is 21.7 Å². The van der Waals surface area contributed by atoms with Crippen molar-refractivity contribution < 1.29 is 18.1 Å². The molecule has 0 atom stereocenters. The number of rotatable bonds is 4. The van der Waals surface area contributed by atoms with E-state index in [1.165, 1.54) is 18.3 Å². The number of amides is 2. The van der Waals surface area contributed by atoms with Gasteiger partial charge < -0.3 is 0 Å². The molecule has 0 spiro atoms. The quantitative estimate of drug-likeness (QED) is 0.606. The van der Waals surface area contributed by atoms with Gasteiger partial charge in [0, 0.05) is 6.07 Å². The topological polar surface area (TPSA) is 157 Å². The molecule has 0 aliphatic carbocycles. The molecule has 0 aliphatic heterocycles. The number of aromatic nitrogens is 3. The Morgan fingerprint density at radius 2 is 2.00 bits per heavy atom. The SMILES string of the molecule is Cc1cnnc(NC(=O)NS(=O)(=O)c2ccccc2[N+](=O)[O-])n1. The van der Waals surface area contributed by atoms with Gasteiger partial charge in [0.15, 0.2) is 4.90 Å². The normalized spacial score (nSPS) is 10.8. The summed E-state index contributed by atoms with van der Waals surface area (Å²) in [5, 5.41) is 20.0. The van der Waals surface area contributed by atoms with Crippen molar-refractivity contribution in [3.63, 3.8) is 0 Å². The second-order valence-electron chi connectivity index (χ2n) is 4.21. The van der Waals surface area contributed by atoms with E-state index < -0.39 is 31.6 Å². The maximum Gasteiger partial charge on any atom is 0.335 e. The van der Waals surface area contributed by atoms with Crippen molar-refractivity contribution >= 4 is 27.7 Å². The number of benzene rings is 1. The highest BCUT2D eigenvalue weighted by Gasteiger charge is 2.27. The summed E-state index contributed by atoms with van der Waals surface area (Å²) >= 11 is 0. The van der Waals surface area contributed by atoms with E-state index in [2.05, 4.69) is 20.5 Å². The monoisotopic (exact) mass is 338 g/mol. The van der Waals surface area contributed by atoms with Crippen LogP contribution in [0.2, 0.25) is 0 Å². The highest BCUT2D eigenvalue weighted by Crippen LogP contribution is 2.22. The van der Waals surface area contributed by atoms with Gasteiger partial charge in [-0.05, 0) is 13.0 Å². The molecule has 1 heterocycles. The van der Waals surface area contributed by atoms with E-state index in [0.29, 0.717) is 5.69 Å². The van der Waals surface area contributed by atoms with Crippen LogP contribution in [0.15, 0.2) is 35.4 Å². The zero-order valence-corrected chi connectivity index (χ0v) is 12.4. The fraction of sp³-hybridized carbons (Fsp3) is 0.0909. The Morgan fingerprint density at radius 1 is 1.30 bits per heavy atom. The third kappa shape index (κ3) is 3.94. The number of sulfonamides is 1. The number of nitrogens with zero attached hydrogens (tertiary/aromatic N) is 4. The molecule has 12 heteroatoms. The zero-order chi connectivity index (χ0) is 17.0. The lowest BCUT2D eigenvalue weighted by Gasteiger charge is -2.07. The van der Waals surface area contributed by atoms with Crippen molar-refractivity contribution in [2.24, 2.45) is 0 Å². The highest BCUT2D eigenvalue weighted by atomic mass is 32.2. The molecule has 0 bridgehead atoms. The molecule has 0 aliphatic rings. The Kier molecular flexibility index (Phi) is 4.45. The Labute approximate surface area is 130 Å². The average molecular weight is 338 g/mol. The van der Waals surface area contributed by atoms with E-state index in [1.807, 2.05) is 0 Å². The summed E-state index contributed by atoms with van der Waals surface area (Å²) in [6.07, 6.45) is 1.34. The summed E-state index contributed by atoms with van der Waals surface area (Å²) < 4.78 is 25.8. The van der Waals surface area contributed by atoms with Crippen LogP contribution in [0.4, 0.5) is 16.4 Å². The van der Waals surface area contributed by atoms with Gasteiger partial charge in [-0.15, -0.1) is 5.10 Å². The lowest BCUT2D eigenvalue weighted by Crippen LogP contribution is -2.35. The summed E-state index contributed by atoms with van der Waals surface area (Å²) in [5.41, 5.74) is -0.196. The van der Waals surface area contributed by atoms with Crippen LogP contribution in [0.5, 0.6) is 0 Å². The Hall–Kier alpha value is -3.15. The van der Waals surface area contributed by atoms with Crippen molar-refractivity contribution in [2.75, 3.05) is 5.32 Å². The number of urea groups is 1. The minimum atomic E-state index is -4.45. The summed E-state index contributed by atoms with van der Waals surface area (Å²) in [4.78, 5) is 24.9. The van der Waals surface area contributed by atoms with E-state index in [-0.39, 0.29) is 5.95 Å². The minimum Gasteiger partial charge on any atom is -0.274 e. The predicted molar refractivity (Wildman–Crippen MR) is 77.0 cm³/mol. The lowest BCUT2D eigenvalue weighted by atomic mass is 10.3. The van der Waals surface area contributed by atoms with Crippen LogP contribution in [0.25, 0.3) is 0 Å². The molecule has 2 N–H and O–H groups in total. The van der Waals surface area contributed by atoms with Crippen molar-refractivity contribution in [3.05, 3.63) is 46.3 Å². The van der Waals surface area contributed by atoms with Crippen LogP contribution in [0.3, 0.4) is 0 Å². The van der Waals surface area contributed by atoms with Crippen LogP contribution in [-0.2, 0) is 10.0 Å². The Morgan fingerprint density at radius 3 is 2.65 bits per heavy atom. The Balaban J connectivity index is 2.22. The maximum atomic E-state index is 12.1. The van der Waals surface area contributed by atoms with Crippen LogP contribution in [-0.4, -0.2) is 34.6 Å². The third-order valence-corrected chi connectivity index (χ3v) is 3.86. The van der Waals surface area contributed by atoms with Gasteiger partial charge in [0.1, 0.15) is 0 Å². The molecule has 120 valence electrons. The molecule has 1 aromatic heterocycles. The molecule has 0 unspecified atom stereocenters. The molecular weight excluding hydrogens is 328 g/mol. The van der Waals surface area contributed by atoms with Crippen LogP contribution in [0.1, 0.15) is 5.69 Å². The molecular formula is C11H10N6O5S. The van der Waals surface area contributed by atoms with Crippen LogP contribution < -0.4 is 10.0 Å². The maximum absolute atomic E-state index is 12.1. The number of nitrogens with one attached hydrogen (secondary N) is 2. The largest absolute Gasteiger partial charge is 0.335 e. The molecule has 23 heavy (non-hydrogen) atoms. The Bertz CT molecular complexity index is 869. The summed E-state index contributed by atoms with van der Waals surface area (Å²) in [7, 11) is -4.45.